The Bertz CT molecular complexity index is 1630. The molecule has 224 valence electrons. The van der Waals surface area contributed by atoms with Crippen LogP contribution >= 0.6 is 11.6 Å². The topological polar surface area (TPSA) is 96.0 Å². The number of rotatable bonds is 13. The van der Waals surface area contributed by atoms with Crippen LogP contribution in [-0.4, -0.2) is 51.4 Å². The van der Waals surface area contributed by atoms with E-state index in [9.17, 15) is 18.0 Å². The number of ether oxygens (including phenoxy) is 1. The highest BCUT2D eigenvalue weighted by Crippen LogP contribution is 2.32. The molecule has 0 saturated heterocycles. The molecule has 0 aromatic heterocycles. The summed E-state index contributed by atoms with van der Waals surface area (Å²) in [6.45, 7) is 1.55. The zero-order valence-corrected chi connectivity index (χ0v) is 25.6. The molecule has 0 radical (unpaired) electrons. The highest BCUT2D eigenvalue weighted by molar-refractivity contribution is 7.92. The third-order valence-corrected chi connectivity index (χ3v) is 9.03. The van der Waals surface area contributed by atoms with Gasteiger partial charge in [0, 0.05) is 24.5 Å². The van der Waals surface area contributed by atoms with E-state index in [1.165, 1.54) is 24.1 Å². The third kappa shape index (κ3) is 7.74. The van der Waals surface area contributed by atoms with Gasteiger partial charge in [-0.1, -0.05) is 90.5 Å². The average Bonchev–Trinajstić information content (AvgIpc) is 3.03. The van der Waals surface area contributed by atoms with Crippen LogP contribution in [0.25, 0.3) is 0 Å². The van der Waals surface area contributed by atoms with Crippen LogP contribution < -0.4 is 14.4 Å². The van der Waals surface area contributed by atoms with E-state index in [-0.39, 0.29) is 35.2 Å². The van der Waals surface area contributed by atoms with Crippen LogP contribution in [0.1, 0.15) is 18.1 Å². The Kier molecular flexibility index (Phi) is 10.8. The number of benzene rings is 4. The fourth-order valence-corrected chi connectivity index (χ4v) is 6.37. The lowest BCUT2D eigenvalue weighted by molar-refractivity contribution is -0.140. The summed E-state index contributed by atoms with van der Waals surface area (Å²) in [6.07, 6.45) is 0.211. The van der Waals surface area contributed by atoms with Crippen LogP contribution in [0.3, 0.4) is 0 Å². The molecule has 0 aliphatic heterocycles. The van der Waals surface area contributed by atoms with E-state index in [0.29, 0.717) is 17.1 Å². The van der Waals surface area contributed by atoms with Crippen LogP contribution in [0.5, 0.6) is 5.75 Å². The summed E-state index contributed by atoms with van der Waals surface area (Å²) in [5.74, 6) is -0.670. The van der Waals surface area contributed by atoms with Gasteiger partial charge in [-0.15, -0.1) is 0 Å². The van der Waals surface area contributed by atoms with Gasteiger partial charge in [0.15, 0.2) is 0 Å². The first-order valence-electron chi connectivity index (χ1n) is 13.8. The van der Waals surface area contributed by atoms with Crippen molar-refractivity contribution in [1.29, 1.82) is 0 Å². The maximum absolute atomic E-state index is 14.4. The number of nitrogens with one attached hydrogen (secondary N) is 1. The quantitative estimate of drug-likeness (QED) is 0.219. The number of likely N-dealkylation sites (N-methyl/N-ethyl adjacent to an activating group) is 1. The van der Waals surface area contributed by atoms with Crippen molar-refractivity contribution in [3.63, 3.8) is 0 Å². The highest BCUT2D eigenvalue weighted by atomic mass is 35.5. The van der Waals surface area contributed by atoms with Crippen molar-refractivity contribution in [2.24, 2.45) is 0 Å². The molecule has 1 unspecified atom stereocenters. The molecule has 0 fully saturated rings. The Morgan fingerprint density at radius 1 is 0.860 bits per heavy atom. The number of nitrogens with zero attached hydrogens (tertiary/aromatic N) is 2. The second-order valence-corrected chi connectivity index (χ2v) is 12.0. The molecular formula is C33H34ClN3O5S. The van der Waals surface area contributed by atoms with Gasteiger partial charge in [-0.3, -0.25) is 13.9 Å². The van der Waals surface area contributed by atoms with Crippen molar-refractivity contribution < 1.29 is 22.7 Å². The summed E-state index contributed by atoms with van der Waals surface area (Å²) >= 11 is 6.51. The van der Waals surface area contributed by atoms with Gasteiger partial charge in [0.2, 0.25) is 11.8 Å². The molecule has 0 saturated carbocycles. The van der Waals surface area contributed by atoms with Gasteiger partial charge in [0.05, 0.1) is 17.7 Å². The van der Waals surface area contributed by atoms with E-state index < -0.39 is 28.5 Å². The van der Waals surface area contributed by atoms with Crippen molar-refractivity contribution >= 4 is 39.1 Å². The Balaban J connectivity index is 1.82. The number of amides is 2. The average molecular weight is 620 g/mol. The monoisotopic (exact) mass is 619 g/mol. The van der Waals surface area contributed by atoms with E-state index in [2.05, 4.69) is 5.32 Å². The molecule has 43 heavy (non-hydrogen) atoms. The van der Waals surface area contributed by atoms with Crippen LogP contribution in [0.2, 0.25) is 5.02 Å². The van der Waals surface area contributed by atoms with Crippen molar-refractivity contribution in [1.82, 2.24) is 10.2 Å². The SMILES string of the molecule is CCNC(=O)C(Cc1ccccc1)N(Cc1ccccc1Cl)C(=O)CN(c1ccccc1OC)S(=O)(=O)c1ccccc1. The second-order valence-electron chi connectivity index (χ2n) is 9.71. The highest BCUT2D eigenvalue weighted by Gasteiger charge is 2.35. The van der Waals surface area contributed by atoms with Gasteiger partial charge in [-0.2, -0.15) is 0 Å². The zero-order chi connectivity index (χ0) is 30.8. The van der Waals surface area contributed by atoms with Crippen molar-refractivity contribution in [2.75, 3.05) is 24.5 Å². The number of carbonyl (C=O) groups excluding carboxylic acids is 2. The molecule has 0 aliphatic rings. The minimum atomic E-state index is -4.23. The molecule has 8 nitrogen and oxygen atoms in total. The zero-order valence-electron chi connectivity index (χ0n) is 24.0. The normalized spacial score (nSPS) is 11.8. The number of hydrogen-bond acceptors (Lipinski definition) is 5. The number of para-hydroxylation sites is 2. The Hall–Kier alpha value is -4.34. The fourth-order valence-electron chi connectivity index (χ4n) is 4.72. The molecule has 0 spiro atoms. The van der Waals surface area contributed by atoms with Crippen molar-refractivity contribution in [2.45, 2.75) is 30.8 Å². The largest absolute Gasteiger partial charge is 0.495 e. The number of sulfonamides is 1. The lowest BCUT2D eigenvalue weighted by Crippen LogP contribution is -2.53. The fraction of sp³-hybridized carbons (Fsp3) is 0.212. The Labute approximate surface area is 257 Å². The second kappa shape index (κ2) is 14.7. The van der Waals surface area contributed by atoms with E-state index in [4.69, 9.17) is 16.3 Å². The summed E-state index contributed by atoms with van der Waals surface area (Å²) in [5, 5.41) is 3.27. The van der Waals surface area contributed by atoms with Gasteiger partial charge in [0.25, 0.3) is 10.0 Å². The molecule has 1 N–H and O–H groups in total. The lowest BCUT2D eigenvalue weighted by Gasteiger charge is -2.34. The van der Waals surface area contributed by atoms with Crippen LogP contribution in [-0.2, 0) is 32.6 Å². The summed E-state index contributed by atoms with van der Waals surface area (Å²) in [6, 6.07) is 29.9. The number of carbonyl (C=O) groups is 2. The molecule has 2 amide bonds. The number of hydrogen-bond donors (Lipinski definition) is 1. The molecule has 0 bridgehead atoms. The smallest absolute Gasteiger partial charge is 0.264 e. The predicted molar refractivity (Wildman–Crippen MR) is 169 cm³/mol. The molecule has 0 aliphatic carbocycles. The molecule has 4 aromatic rings. The van der Waals surface area contributed by atoms with Crippen LogP contribution in [0.15, 0.2) is 114 Å². The van der Waals surface area contributed by atoms with Crippen molar-refractivity contribution in [3.05, 3.63) is 125 Å². The van der Waals surface area contributed by atoms with Gasteiger partial charge < -0.3 is 15.0 Å². The van der Waals surface area contributed by atoms with Crippen molar-refractivity contribution in [3.8, 4) is 5.75 Å². The molecule has 1 atom stereocenters. The maximum Gasteiger partial charge on any atom is 0.264 e. The standard InChI is InChI=1S/C33H34ClN3O5S/c1-3-35-33(39)30(22-25-14-6-4-7-15-25)36(23-26-16-10-11-19-28(26)34)32(38)24-37(29-20-12-13-21-31(29)42-2)43(40,41)27-17-8-5-9-18-27/h4-21,30H,3,22-24H2,1-2H3,(H,35,39). The third-order valence-electron chi connectivity index (χ3n) is 6.88. The number of halogens is 1. The summed E-state index contributed by atoms with van der Waals surface area (Å²) in [5.41, 5.74) is 1.65. The summed E-state index contributed by atoms with van der Waals surface area (Å²) in [4.78, 5) is 29.4. The Morgan fingerprint density at radius 3 is 2.12 bits per heavy atom. The summed E-state index contributed by atoms with van der Waals surface area (Å²) < 4.78 is 34.7. The van der Waals surface area contributed by atoms with E-state index in [0.717, 1.165) is 9.87 Å². The van der Waals surface area contributed by atoms with E-state index >= 15 is 0 Å². The lowest BCUT2D eigenvalue weighted by atomic mass is 10.0. The van der Waals surface area contributed by atoms with Crippen LogP contribution in [0.4, 0.5) is 5.69 Å². The van der Waals surface area contributed by atoms with Gasteiger partial charge in [-0.05, 0) is 48.4 Å². The molecule has 4 aromatic carbocycles. The minimum absolute atomic E-state index is 0.0101. The maximum atomic E-state index is 14.4. The Morgan fingerprint density at radius 2 is 1.47 bits per heavy atom. The molecule has 4 rings (SSSR count). The number of methoxy groups -OCH3 is 1. The van der Waals surface area contributed by atoms with E-state index in [1.807, 2.05) is 30.3 Å². The first-order chi connectivity index (χ1) is 20.8. The van der Waals surface area contributed by atoms with E-state index in [1.54, 1.807) is 73.7 Å². The first kappa shape index (κ1) is 31.6. The van der Waals surface area contributed by atoms with Crippen LogP contribution in [0, 0.1) is 0 Å². The molecular weight excluding hydrogens is 586 g/mol. The predicted octanol–water partition coefficient (Wildman–Crippen LogP) is 5.32. The molecule has 10 heteroatoms. The van der Waals surface area contributed by atoms with Gasteiger partial charge in [0.1, 0.15) is 18.3 Å². The minimum Gasteiger partial charge on any atom is -0.495 e. The summed E-state index contributed by atoms with van der Waals surface area (Å²) in [7, 11) is -2.80. The first-order valence-corrected chi connectivity index (χ1v) is 15.6. The van der Waals surface area contributed by atoms with Gasteiger partial charge in [-0.25, -0.2) is 8.42 Å². The number of anilines is 1. The van der Waals surface area contributed by atoms with Gasteiger partial charge >= 0.3 is 0 Å². The molecule has 0 heterocycles.